The van der Waals surface area contributed by atoms with Crippen LogP contribution in [0.4, 0.5) is 0 Å². The Hall–Kier alpha value is -7.70. The van der Waals surface area contributed by atoms with Crippen LogP contribution >= 0.6 is 0 Å². The predicted octanol–water partition coefficient (Wildman–Crippen LogP) is 12.2. The summed E-state index contributed by atoms with van der Waals surface area (Å²) < 4.78 is 4.74. The Balaban J connectivity index is 1.24. The molecular formula is C50H30N6. The highest BCUT2D eigenvalue weighted by Crippen LogP contribution is 2.48. The Bertz CT molecular complexity index is 3400. The SMILES string of the molecule is c1ccc(-c2nc(-c3ccccc3)nc(-c3ccccc3-n3c4cccc5c6ccccc6c6cccc7c6c6c(c54)c3ccc6n7-c3ccccn3)n2)cc1. The average molecular weight is 715 g/mol. The highest BCUT2D eigenvalue weighted by Gasteiger charge is 2.26. The van der Waals surface area contributed by atoms with E-state index >= 15 is 0 Å². The summed E-state index contributed by atoms with van der Waals surface area (Å²) in [7, 11) is 0. The Morgan fingerprint density at radius 2 is 0.804 bits per heavy atom. The summed E-state index contributed by atoms with van der Waals surface area (Å²) in [6.07, 6.45) is 1.87. The van der Waals surface area contributed by atoms with E-state index in [1.165, 1.54) is 43.1 Å². The van der Waals surface area contributed by atoms with Gasteiger partial charge in [0.25, 0.3) is 0 Å². The highest BCUT2D eigenvalue weighted by atomic mass is 15.1. The van der Waals surface area contributed by atoms with Gasteiger partial charge in [-0.15, -0.1) is 0 Å². The molecule has 0 N–H and O–H groups in total. The van der Waals surface area contributed by atoms with Crippen molar-refractivity contribution in [3.63, 3.8) is 0 Å². The highest BCUT2D eigenvalue weighted by molar-refractivity contribution is 6.39. The molecule has 0 spiro atoms. The van der Waals surface area contributed by atoms with Gasteiger partial charge in [-0.1, -0.05) is 127 Å². The van der Waals surface area contributed by atoms with E-state index in [9.17, 15) is 0 Å². The molecule has 0 saturated heterocycles. The maximum absolute atomic E-state index is 5.18. The van der Waals surface area contributed by atoms with E-state index in [0.717, 1.165) is 50.3 Å². The fraction of sp³-hybridized carbons (Fsp3) is 0. The fourth-order valence-corrected chi connectivity index (χ4v) is 8.88. The van der Waals surface area contributed by atoms with Gasteiger partial charge in [0.2, 0.25) is 0 Å². The summed E-state index contributed by atoms with van der Waals surface area (Å²) in [5, 5.41) is 9.74. The molecule has 0 atom stereocenters. The van der Waals surface area contributed by atoms with E-state index in [4.69, 9.17) is 19.9 Å². The minimum Gasteiger partial charge on any atom is -0.308 e. The molecule has 0 amide bonds. The molecule has 56 heavy (non-hydrogen) atoms. The molecule has 0 aliphatic rings. The number of hydrogen-bond donors (Lipinski definition) is 0. The van der Waals surface area contributed by atoms with Gasteiger partial charge in [-0.25, -0.2) is 19.9 Å². The van der Waals surface area contributed by atoms with Gasteiger partial charge >= 0.3 is 0 Å². The molecule has 12 aromatic rings. The van der Waals surface area contributed by atoms with Crippen molar-refractivity contribution >= 4 is 65.2 Å². The van der Waals surface area contributed by atoms with Crippen LogP contribution in [-0.2, 0) is 0 Å². The molecule has 8 aromatic carbocycles. The first-order chi connectivity index (χ1) is 27.8. The second-order valence-electron chi connectivity index (χ2n) is 14.2. The second-order valence-corrected chi connectivity index (χ2v) is 14.2. The number of para-hydroxylation sites is 1. The minimum atomic E-state index is 0.615. The van der Waals surface area contributed by atoms with Crippen LogP contribution in [0.2, 0.25) is 0 Å². The standard InChI is InChI=1S/C50H30N6/c1-3-15-31(16-4-1)48-52-49(32-17-5-2-6-18-32)54-50(53-48)37-21-9-10-24-38(37)55-39-25-13-22-35-33-19-7-8-20-34(33)36-23-14-26-40-45(36)47-42(29-28-41(55)46(47)44(35)39)56(40)43-27-11-12-30-51-43/h1-30H. The van der Waals surface area contributed by atoms with E-state index < -0.39 is 0 Å². The Morgan fingerprint density at radius 3 is 1.41 bits per heavy atom. The molecule has 0 aliphatic carbocycles. The number of nitrogens with zero attached hydrogens (tertiary/aromatic N) is 6. The summed E-state index contributed by atoms with van der Waals surface area (Å²) in [6, 6.07) is 61.7. The lowest BCUT2D eigenvalue weighted by Crippen LogP contribution is -2.03. The van der Waals surface area contributed by atoms with Crippen LogP contribution in [0.5, 0.6) is 0 Å². The van der Waals surface area contributed by atoms with Crippen LogP contribution < -0.4 is 0 Å². The molecule has 0 unspecified atom stereocenters. The van der Waals surface area contributed by atoms with E-state index in [1.54, 1.807) is 0 Å². The zero-order chi connectivity index (χ0) is 36.7. The third-order valence-electron chi connectivity index (χ3n) is 11.2. The van der Waals surface area contributed by atoms with Gasteiger partial charge in [-0.2, -0.15) is 0 Å². The molecule has 0 aliphatic heterocycles. The first-order valence-electron chi connectivity index (χ1n) is 18.8. The van der Waals surface area contributed by atoms with Gasteiger partial charge in [-0.3, -0.25) is 4.57 Å². The van der Waals surface area contributed by atoms with E-state index in [1.807, 2.05) is 48.7 Å². The zero-order valence-electron chi connectivity index (χ0n) is 30.0. The lowest BCUT2D eigenvalue weighted by atomic mass is 9.95. The van der Waals surface area contributed by atoms with Gasteiger partial charge in [-0.05, 0) is 70.1 Å². The number of aromatic nitrogens is 6. The number of rotatable bonds is 5. The van der Waals surface area contributed by atoms with Gasteiger partial charge in [0, 0.05) is 44.4 Å². The van der Waals surface area contributed by atoms with Crippen molar-refractivity contribution in [3.8, 4) is 45.7 Å². The number of fused-ring (bicyclic) bond motifs is 3. The van der Waals surface area contributed by atoms with E-state index in [2.05, 4.69) is 143 Å². The van der Waals surface area contributed by atoms with Crippen molar-refractivity contribution in [1.29, 1.82) is 0 Å². The van der Waals surface area contributed by atoms with Crippen molar-refractivity contribution in [1.82, 2.24) is 29.1 Å². The molecule has 4 aromatic heterocycles. The quantitative estimate of drug-likeness (QED) is 0.178. The van der Waals surface area contributed by atoms with Gasteiger partial charge < -0.3 is 4.57 Å². The molecule has 0 saturated carbocycles. The molecule has 4 heterocycles. The van der Waals surface area contributed by atoms with Gasteiger partial charge in [0.15, 0.2) is 17.5 Å². The Morgan fingerprint density at radius 1 is 0.321 bits per heavy atom. The molecule has 0 radical (unpaired) electrons. The maximum atomic E-state index is 5.18. The minimum absolute atomic E-state index is 0.615. The summed E-state index contributed by atoms with van der Waals surface area (Å²) in [5.41, 5.74) is 8.27. The van der Waals surface area contributed by atoms with Crippen molar-refractivity contribution in [3.05, 3.63) is 182 Å². The van der Waals surface area contributed by atoms with E-state index in [0.29, 0.717) is 17.5 Å². The molecule has 6 heteroatoms. The predicted molar refractivity (Wildman–Crippen MR) is 229 cm³/mol. The fourth-order valence-electron chi connectivity index (χ4n) is 8.88. The Labute approximate surface area is 321 Å². The van der Waals surface area contributed by atoms with Crippen LogP contribution in [-0.4, -0.2) is 29.1 Å². The largest absolute Gasteiger partial charge is 0.308 e. The van der Waals surface area contributed by atoms with Crippen LogP contribution in [0, 0.1) is 0 Å². The van der Waals surface area contributed by atoms with Crippen molar-refractivity contribution in [2.75, 3.05) is 0 Å². The lowest BCUT2D eigenvalue weighted by molar-refractivity contribution is 1.06. The van der Waals surface area contributed by atoms with Crippen LogP contribution in [0.3, 0.4) is 0 Å². The zero-order valence-corrected chi connectivity index (χ0v) is 30.0. The second kappa shape index (κ2) is 11.9. The maximum Gasteiger partial charge on any atom is 0.166 e. The van der Waals surface area contributed by atoms with Crippen LogP contribution in [0.15, 0.2) is 182 Å². The first kappa shape index (κ1) is 30.7. The molecule has 0 bridgehead atoms. The molecule has 6 nitrogen and oxygen atoms in total. The molecule has 12 rings (SSSR count). The van der Waals surface area contributed by atoms with Gasteiger partial charge in [0.05, 0.1) is 27.8 Å². The molecular weight excluding hydrogens is 685 g/mol. The number of pyridine rings is 1. The summed E-state index contributed by atoms with van der Waals surface area (Å²) in [5.74, 6) is 2.77. The number of hydrogen-bond acceptors (Lipinski definition) is 4. The monoisotopic (exact) mass is 714 g/mol. The molecule has 260 valence electrons. The smallest absolute Gasteiger partial charge is 0.166 e. The number of benzene rings is 7. The normalized spacial score (nSPS) is 11.9. The van der Waals surface area contributed by atoms with Crippen LogP contribution in [0.25, 0.3) is 111 Å². The van der Waals surface area contributed by atoms with Gasteiger partial charge in [0.1, 0.15) is 5.82 Å². The van der Waals surface area contributed by atoms with Crippen molar-refractivity contribution < 1.29 is 0 Å². The average Bonchev–Trinajstić information content (AvgIpc) is 3.80. The molecule has 0 fully saturated rings. The van der Waals surface area contributed by atoms with E-state index in [-0.39, 0.29) is 0 Å². The lowest BCUT2D eigenvalue weighted by Gasteiger charge is -2.14. The van der Waals surface area contributed by atoms with Crippen LogP contribution in [0.1, 0.15) is 0 Å². The Kier molecular flexibility index (Phi) is 6.53. The topological polar surface area (TPSA) is 61.4 Å². The van der Waals surface area contributed by atoms with Crippen molar-refractivity contribution in [2.24, 2.45) is 0 Å². The van der Waals surface area contributed by atoms with Crippen molar-refractivity contribution in [2.45, 2.75) is 0 Å². The summed E-state index contributed by atoms with van der Waals surface area (Å²) >= 11 is 0. The third kappa shape index (κ3) is 4.38. The third-order valence-corrected chi connectivity index (χ3v) is 11.2. The summed E-state index contributed by atoms with van der Waals surface area (Å²) in [4.78, 5) is 20.2. The first-order valence-corrected chi connectivity index (χ1v) is 18.8. The summed E-state index contributed by atoms with van der Waals surface area (Å²) in [6.45, 7) is 0.